The van der Waals surface area contributed by atoms with Gasteiger partial charge in [0.15, 0.2) is 0 Å². The summed E-state index contributed by atoms with van der Waals surface area (Å²) in [4.78, 5) is 6.94. The van der Waals surface area contributed by atoms with Gasteiger partial charge in [-0.05, 0) is 53.1 Å². The van der Waals surface area contributed by atoms with Crippen molar-refractivity contribution in [3.05, 3.63) is 107 Å². The Hall–Kier alpha value is -3.02. The molecule has 0 saturated carbocycles. The van der Waals surface area contributed by atoms with Gasteiger partial charge in [0, 0.05) is 52.5 Å². The van der Waals surface area contributed by atoms with E-state index in [1.165, 1.54) is 35.5 Å². The van der Waals surface area contributed by atoms with Gasteiger partial charge in [0.1, 0.15) is 11.6 Å². The molecule has 33 heavy (non-hydrogen) atoms. The first-order valence-corrected chi connectivity index (χ1v) is 11.4. The lowest BCUT2D eigenvalue weighted by atomic mass is 9.96. The van der Waals surface area contributed by atoms with Crippen molar-refractivity contribution in [3.63, 3.8) is 0 Å². The number of anilines is 1. The predicted octanol–water partition coefficient (Wildman–Crippen LogP) is 5.45. The second-order valence-electron chi connectivity index (χ2n) is 8.73. The number of hydrogen-bond acceptors (Lipinski definition) is 3. The van der Waals surface area contributed by atoms with Crippen LogP contribution in [0, 0.1) is 11.6 Å². The van der Waals surface area contributed by atoms with Crippen LogP contribution in [0.4, 0.5) is 14.5 Å². The Morgan fingerprint density at radius 1 is 0.758 bits per heavy atom. The van der Waals surface area contributed by atoms with E-state index in [0.29, 0.717) is 0 Å². The Morgan fingerprint density at radius 3 is 1.76 bits per heavy atom. The number of halogens is 2. The lowest BCUT2D eigenvalue weighted by Crippen LogP contribution is -2.47. The standard InChI is InChI=1S/C28H31F2N3/c1-31(2)27-15-5-22(6-16-27)4-3-17-32-18-20-33(21-19-32)28(23-7-11-25(29)12-8-23)24-9-13-26(30)14-10-24/h3-16,28H,17-21H2,1-2H3/b4-3-. The molecule has 0 spiro atoms. The number of piperazine rings is 1. The van der Waals surface area contributed by atoms with E-state index in [1.807, 2.05) is 38.4 Å². The molecule has 0 aliphatic carbocycles. The normalized spacial score (nSPS) is 15.4. The van der Waals surface area contributed by atoms with Gasteiger partial charge in [0.2, 0.25) is 0 Å². The van der Waals surface area contributed by atoms with Gasteiger partial charge < -0.3 is 4.90 Å². The SMILES string of the molecule is CN(C)c1ccc(/C=C\CN2CCN(C(c3ccc(F)cc3)c3ccc(F)cc3)CC2)cc1. The van der Waals surface area contributed by atoms with E-state index in [0.717, 1.165) is 43.9 Å². The molecule has 3 aromatic carbocycles. The number of rotatable bonds is 7. The van der Waals surface area contributed by atoms with Crippen LogP contribution in [0.1, 0.15) is 22.7 Å². The van der Waals surface area contributed by atoms with E-state index in [1.54, 1.807) is 0 Å². The molecule has 1 saturated heterocycles. The number of nitrogens with zero attached hydrogens (tertiary/aromatic N) is 3. The summed E-state index contributed by atoms with van der Waals surface area (Å²) in [5.41, 5.74) is 4.45. The van der Waals surface area contributed by atoms with Gasteiger partial charge in [0.25, 0.3) is 0 Å². The number of hydrogen-bond donors (Lipinski definition) is 0. The molecule has 4 rings (SSSR count). The molecule has 1 fully saturated rings. The monoisotopic (exact) mass is 447 g/mol. The average Bonchev–Trinajstić information content (AvgIpc) is 2.83. The summed E-state index contributed by atoms with van der Waals surface area (Å²) < 4.78 is 27.0. The van der Waals surface area contributed by atoms with Crippen LogP contribution >= 0.6 is 0 Å². The molecule has 0 bridgehead atoms. The van der Waals surface area contributed by atoms with E-state index in [2.05, 4.69) is 51.1 Å². The summed E-state index contributed by atoms with van der Waals surface area (Å²) in [5.74, 6) is -0.492. The second kappa shape index (κ2) is 10.7. The minimum absolute atomic E-state index is 0.0147. The van der Waals surface area contributed by atoms with Crippen molar-refractivity contribution in [1.82, 2.24) is 9.80 Å². The van der Waals surface area contributed by atoms with Crippen LogP contribution in [0.5, 0.6) is 0 Å². The van der Waals surface area contributed by atoms with Crippen LogP contribution < -0.4 is 4.90 Å². The molecule has 1 heterocycles. The van der Waals surface area contributed by atoms with Gasteiger partial charge in [-0.3, -0.25) is 9.80 Å². The van der Waals surface area contributed by atoms with E-state index >= 15 is 0 Å². The van der Waals surface area contributed by atoms with Crippen molar-refractivity contribution in [1.29, 1.82) is 0 Å². The highest BCUT2D eigenvalue weighted by atomic mass is 19.1. The molecule has 0 N–H and O–H groups in total. The van der Waals surface area contributed by atoms with Crippen LogP contribution in [0.3, 0.4) is 0 Å². The summed E-state index contributed by atoms with van der Waals surface area (Å²) in [5, 5.41) is 0. The molecule has 1 aliphatic rings. The third-order valence-electron chi connectivity index (χ3n) is 6.23. The van der Waals surface area contributed by atoms with E-state index in [-0.39, 0.29) is 17.7 Å². The van der Waals surface area contributed by atoms with E-state index in [9.17, 15) is 8.78 Å². The Morgan fingerprint density at radius 2 is 1.27 bits per heavy atom. The molecular weight excluding hydrogens is 416 g/mol. The largest absolute Gasteiger partial charge is 0.378 e. The van der Waals surface area contributed by atoms with Crippen molar-refractivity contribution in [3.8, 4) is 0 Å². The molecule has 0 amide bonds. The lowest BCUT2D eigenvalue weighted by molar-refractivity contribution is 0.118. The highest BCUT2D eigenvalue weighted by molar-refractivity contribution is 5.55. The maximum Gasteiger partial charge on any atom is 0.123 e. The second-order valence-corrected chi connectivity index (χ2v) is 8.73. The third-order valence-corrected chi connectivity index (χ3v) is 6.23. The summed E-state index contributed by atoms with van der Waals surface area (Å²) in [6.45, 7) is 4.59. The first-order valence-electron chi connectivity index (χ1n) is 11.4. The summed E-state index contributed by atoms with van der Waals surface area (Å²) in [6, 6.07) is 21.8. The first-order chi connectivity index (χ1) is 16.0. The predicted molar refractivity (Wildman–Crippen MR) is 132 cm³/mol. The quantitative estimate of drug-likeness (QED) is 0.477. The topological polar surface area (TPSA) is 9.72 Å². The highest BCUT2D eigenvalue weighted by Gasteiger charge is 2.26. The summed E-state index contributed by atoms with van der Waals surface area (Å²) >= 11 is 0. The molecule has 1 aliphatic heterocycles. The Labute approximate surface area is 195 Å². The van der Waals surface area contributed by atoms with Crippen molar-refractivity contribution >= 4 is 11.8 Å². The van der Waals surface area contributed by atoms with Gasteiger partial charge in [-0.2, -0.15) is 0 Å². The molecular formula is C28H31F2N3. The highest BCUT2D eigenvalue weighted by Crippen LogP contribution is 2.30. The molecule has 3 aromatic rings. The van der Waals surface area contributed by atoms with Crippen molar-refractivity contribution in [2.24, 2.45) is 0 Å². The Kier molecular flexibility index (Phi) is 7.53. The molecule has 0 unspecified atom stereocenters. The van der Waals surface area contributed by atoms with E-state index in [4.69, 9.17) is 0 Å². The van der Waals surface area contributed by atoms with E-state index < -0.39 is 0 Å². The average molecular weight is 448 g/mol. The number of benzene rings is 3. The zero-order chi connectivity index (χ0) is 23.2. The van der Waals surface area contributed by atoms with Crippen LogP contribution in [0.25, 0.3) is 6.08 Å². The maximum atomic E-state index is 13.5. The molecule has 0 aromatic heterocycles. The first kappa shape index (κ1) is 23.1. The van der Waals surface area contributed by atoms with Crippen molar-refractivity contribution in [2.45, 2.75) is 6.04 Å². The van der Waals surface area contributed by atoms with Gasteiger partial charge in [-0.25, -0.2) is 8.78 Å². The maximum absolute atomic E-state index is 13.5. The third kappa shape index (κ3) is 6.06. The lowest BCUT2D eigenvalue weighted by Gasteiger charge is -2.39. The Balaban J connectivity index is 1.38. The van der Waals surface area contributed by atoms with Crippen molar-refractivity contribution < 1.29 is 8.78 Å². The molecule has 0 atom stereocenters. The van der Waals surface area contributed by atoms with Crippen LogP contribution in [-0.4, -0.2) is 56.6 Å². The molecule has 0 radical (unpaired) electrons. The molecule has 3 nitrogen and oxygen atoms in total. The van der Waals surface area contributed by atoms with Gasteiger partial charge >= 0.3 is 0 Å². The smallest absolute Gasteiger partial charge is 0.123 e. The zero-order valence-electron chi connectivity index (χ0n) is 19.3. The fourth-order valence-electron chi connectivity index (χ4n) is 4.33. The minimum Gasteiger partial charge on any atom is -0.378 e. The summed E-state index contributed by atoms with van der Waals surface area (Å²) in [6.07, 6.45) is 4.39. The van der Waals surface area contributed by atoms with Gasteiger partial charge in [-0.1, -0.05) is 48.6 Å². The minimum atomic E-state index is -0.246. The zero-order valence-corrected chi connectivity index (χ0v) is 19.3. The molecule has 172 valence electrons. The van der Waals surface area contributed by atoms with Gasteiger partial charge in [-0.15, -0.1) is 0 Å². The van der Waals surface area contributed by atoms with Crippen LogP contribution in [0.15, 0.2) is 78.9 Å². The summed E-state index contributed by atoms with van der Waals surface area (Å²) in [7, 11) is 4.09. The fraction of sp³-hybridized carbons (Fsp3) is 0.286. The van der Waals surface area contributed by atoms with Crippen molar-refractivity contribution in [2.75, 3.05) is 51.7 Å². The van der Waals surface area contributed by atoms with Gasteiger partial charge in [0.05, 0.1) is 6.04 Å². The molecule has 5 heteroatoms. The fourth-order valence-corrected chi connectivity index (χ4v) is 4.33. The Bertz CT molecular complexity index is 991. The van der Waals surface area contributed by atoms with Crippen LogP contribution in [-0.2, 0) is 0 Å². The van der Waals surface area contributed by atoms with Crippen LogP contribution in [0.2, 0.25) is 0 Å².